The second-order valence-corrected chi connectivity index (χ2v) is 16.0. The van der Waals surface area contributed by atoms with E-state index in [9.17, 15) is 0 Å². The Morgan fingerprint density at radius 2 is 0.927 bits per heavy atom. The highest BCUT2D eigenvalue weighted by atomic mass is 15.1. The molecule has 0 spiro atoms. The maximum absolute atomic E-state index is 2.43. The first-order valence-corrected chi connectivity index (χ1v) is 20.2. The standard InChI is InChI=1S/C53H50N2/c1-38(39-26-32-45(33-27-39)54(43-18-9-5-10-19-43)46-36-30-42(31-37-46)41-16-7-4-8-17-41)40-28-34-47(35-29-40)55(44-20-11-6-12-21-44)51-25-15-24-50-52(51)48-22-13-14-23-49(48)53(50,2)3/h5-6,9-15,18-38,41H,4,7-8,16-17H2,1-3H3. The van der Waals surface area contributed by atoms with Gasteiger partial charge in [0.25, 0.3) is 0 Å². The van der Waals surface area contributed by atoms with Gasteiger partial charge in [0.1, 0.15) is 0 Å². The van der Waals surface area contributed by atoms with Crippen molar-refractivity contribution < 1.29 is 0 Å². The van der Waals surface area contributed by atoms with Crippen LogP contribution in [0.2, 0.25) is 0 Å². The van der Waals surface area contributed by atoms with E-state index in [0.717, 1.165) is 11.4 Å². The van der Waals surface area contributed by atoms with E-state index in [1.54, 1.807) is 0 Å². The molecular formula is C53H50N2. The molecule has 1 fully saturated rings. The zero-order chi connectivity index (χ0) is 37.4. The van der Waals surface area contributed by atoms with Gasteiger partial charge in [0.2, 0.25) is 0 Å². The van der Waals surface area contributed by atoms with Gasteiger partial charge in [0.15, 0.2) is 0 Å². The summed E-state index contributed by atoms with van der Waals surface area (Å²) in [6.07, 6.45) is 6.72. The van der Waals surface area contributed by atoms with Gasteiger partial charge in [-0.2, -0.15) is 0 Å². The fraction of sp³-hybridized carbons (Fsp3) is 0.208. The Morgan fingerprint density at radius 1 is 0.455 bits per heavy atom. The highest BCUT2D eigenvalue weighted by Gasteiger charge is 2.37. The van der Waals surface area contributed by atoms with Crippen molar-refractivity contribution in [2.75, 3.05) is 9.80 Å². The molecule has 1 atom stereocenters. The zero-order valence-electron chi connectivity index (χ0n) is 32.3. The van der Waals surface area contributed by atoms with E-state index in [1.165, 1.54) is 93.8 Å². The topological polar surface area (TPSA) is 6.48 Å². The first kappa shape index (κ1) is 34.9. The van der Waals surface area contributed by atoms with Gasteiger partial charge in [-0.3, -0.25) is 0 Å². The summed E-state index contributed by atoms with van der Waals surface area (Å²) < 4.78 is 0. The molecule has 1 unspecified atom stereocenters. The molecule has 1 saturated carbocycles. The Kier molecular flexibility index (Phi) is 9.36. The summed E-state index contributed by atoms with van der Waals surface area (Å²) in [7, 11) is 0. The van der Waals surface area contributed by atoms with Crippen molar-refractivity contribution >= 4 is 34.1 Å². The van der Waals surface area contributed by atoms with E-state index >= 15 is 0 Å². The van der Waals surface area contributed by atoms with E-state index in [2.05, 4.69) is 206 Å². The zero-order valence-corrected chi connectivity index (χ0v) is 32.3. The Balaban J connectivity index is 1.01. The maximum Gasteiger partial charge on any atom is 0.0543 e. The van der Waals surface area contributed by atoms with Crippen molar-refractivity contribution in [2.45, 2.75) is 70.1 Å². The first-order valence-electron chi connectivity index (χ1n) is 20.2. The smallest absolute Gasteiger partial charge is 0.0543 e. The van der Waals surface area contributed by atoms with Gasteiger partial charge >= 0.3 is 0 Å². The minimum Gasteiger partial charge on any atom is -0.311 e. The highest BCUT2D eigenvalue weighted by Crippen LogP contribution is 2.54. The van der Waals surface area contributed by atoms with Crippen LogP contribution < -0.4 is 9.80 Å². The van der Waals surface area contributed by atoms with Crippen LogP contribution in [0.4, 0.5) is 34.1 Å². The van der Waals surface area contributed by atoms with Gasteiger partial charge < -0.3 is 9.80 Å². The number of hydrogen-bond donors (Lipinski definition) is 0. The number of para-hydroxylation sites is 2. The number of fused-ring (bicyclic) bond motifs is 3. The average molecular weight is 715 g/mol. The molecule has 0 aromatic heterocycles. The van der Waals surface area contributed by atoms with Gasteiger partial charge in [0, 0.05) is 45.3 Å². The molecule has 9 rings (SSSR count). The minimum absolute atomic E-state index is 0.0591. The van der Waals surface area contributed by atoms with Crippen LogP contribution in [0.1, 0.15) is 92.5 Å². The van der Waals surface area contributed by atoms with Crippen LogP contribution in [0.3, 0.4) is 0 Å². The van der Waals surface area contributed by atoms with E-state index in [1.807, 2.05) is 0 Å². The summed E-state index contributed by atoms with van der Waals surface area (Å²) in [5.41, 5.74) is 16.5. The van der Waals surface area contributed by atoms with E-state index in [4.69, 9.17) is 0 Å². The molecule has 272 valence electrons. The summed E-state index contributed by atoms with van der Waals surface area (Å²) in [6, 6.07) is 65.1. The summed E-state index contributed by atoms with van der Waals surface area (Å²) in [5, 5.41) is 0. The van der Waals surface area contributed by atoms with Crippen molar-refractivity contribution in [3.8, 4) is 11.1 Å². The lowest BCUT2D eigenvalue weighted by Gasteiger charge is -2.29. The van der Waals surface area contributed by atoms with Crippen molar-refractivity contribution in [1.82, 2.24) is 0 Å². The van der Waals surface area contributed by atoms with E-state index in [0.29, 0.717) is 5.92 Å². The Hall–Kier alpha value is -5.86. The molecule has 2 heteroatoms. The molecule has 55 heavy (non-hydrogen) atoms. The van der Waals surface area contributed by atoms with Gasteiger partial charge in [-0.05, 0) is 119 Å². The quantitative estimate of drug-likeness (QED) is 0.147. The average Bonchev–Trinajstić information content (AvgIpc) is 3.49. The summed E-state index contributed by atoms with van der Waals surface area (Å²) in [4.78, 5) is 4.81. The number of nitrogens with zero attached hydrogens (tertiary/aromatic N) is 2. The molecular weight excluding hydrogens is 665 g/mol. The van der Waals surface area contributed by atoms with Crippen LogP contribution in [0.5, 0.6) is 0 Å². The molecule has 0 saturated heterocycles. The fourth-order valence-electron chi connectivity index (χ4n) is 9.30. The van der Waals surface area contributed by atoms with Crippen LogP contribution in [-0.2, 0) is 5.41 Å². The monoisotopic (exact) mass is 714 g/mol. The molecule has 2 nitrogen and oxygen atoms in total. The molecule has 0 heterocycles. The second-order valence-electron chi connectivity index (χ2n) is 16.0. The van der Waals surface area contributed by atoms with Gasteiger partial charge in [-0.1, -0.05) is 149 Å². The lowest BCUT2D eigenvalue weighted by atomic mass is 9.82. The third-order valence-corrected chi connectivity index (χ3v) is 12.4. The molecule has 0 bridgehead atoms. The first-order chi connectivity index (χ1) is 27.0. The van der Waals surface area contributed by atoms with Gasteiger partial charge in [-0.25, -0.2) is 0 Å². The van der Waals surface area contributed by atoms with Gasteiger partial charge in [0.05, 0.1) is 5.69 Å². The summed E-state index contributed by atoms with van der Waals surface area (Å²) >= 11 is 0. The Bertz CT molecular complexity index is 2370. The SMILES string of the molecule is CC(c1ccc(N(c2ccccc2)c2ccc(C3CCCCC3)cc2)cc1)c1ccc(N(c2ccccc2)c2cccc3c2-c2ccccc2C3(C)C)cc1. The summed E-state index contributed by atoms with van der Waals surface area (Å²) in [6.45, 7) is 7.03. The number of benzene rings is 7. The Morgan fingerprint density at radius 3 is 1.53 bits per heavy atom. The summed E-state index contributed by atoms with van der Waals surface area (Å²) in [5.74, 6) is 0.940. The molecule has 2 aliphatic rings. The van der Waals surface area contributed by atoms with Crippen LogP contribution in [-0.4, -0.2) is 0 Å². The molecule has 7 aromatic rings. The lowest BCUT2D eigenvalue weighted by molar-refractivity contribution is 0.443. The van der Waals surface area contributed by atoms with Crippen LogP contribution >= 0.6 is 0 Å². The molecule has 7 aromatic carbocycles. The third kappa shape index (κ3) is 6.54. The van der Waals surface area contributed by atoms with E-state index < -0.39 is 0 Å². The van der Waals surface area contributed by atoms with Crippen molar-refractivity contribution in [3.05, 3.63) is 204 Å². The minimum atomic E-state index is -0.0591. The number of rotatable bonds is 9. The predicted octanol–water partition coefficient (Wildman–Crippen LogP) is 15.1. The van der Waals surface area contributed by atoms with Gasteiger partial charge in [-0.15, -0.1) is 0 Å². The maximum atomic E-state index is 2.43. The predicted molar refractivity (Wildman–Crippen MR) is 233 cm³/mol. The molecule has 0 aliphatic heterocycles. The third-order valence-electron chi connectivity index (χ3n) is 12.4. The highest BCUT2D eigenvalue weighted by molar-refractivity contribution is 5.95. The number of anilines is 6. The lowest BCUT2D eigenvalue weighted by Crippen LogP contribution is -2.16. The van der Waals surface area contributed by atoms with Crippen molar-refractivity contribution in [1.29, 1.82) is 0 Å². The molecule has 0 radical (unpaired) electrons. The van der Waals surface area contributed by atoms with Crippen molar-refractivity contribution in [2.24, 2.45) is 0 Å². The van der Waals surface area contributed by atoms with Crippen LogP contribution in [0.25, 0.3) is 11.1 Å². The number of hydrogen-bond acceptors (Lipinski definition) is 2. The van der Waals surface area contributed by atoms with Crippen LogP contribution in [0, 0.1) is 0 Å². The molecule has 0 amide bonds. The van der Waals surface area contributed by atoms with Crippen LogP contribution in [0.15, 0.2) is 176 Å². The Labute approximate surface area is 327 Å². The fourth-order valence-corrected chi connectivity index (χ4v) is 9.30. The second kappa shape index (κ2) is 14.8. The normalized spacial score (nSPS) is 15.2. The van der Waals surface area contributed by atoms with E-state index in [-0.39, 0.29) is 11.3 Å². The largest absolute Gasteiger partial charge is 0.311 e. The van der Waals surface area contributed by atoms with Crippen molar-refractivity contribution in [3.63, 3.8) is 0 Å². The molecule has 2 aliphatic carbocycles. The molecule has 0 N–H and O–H groups in total.